The number of methoxy groups -OCH3 is 1. The van der Waals surface area contributed by atoms with Crippen LogP contribution in [0.5, 0.6) is 0 Å². The van der Waals surface area contributed by atoms with Crippen molar-refractivity contribution < 1.29 is 9.53 Å². The Bertz CT molecular complexity index is 484. The van der Waals surface area contributed by atoms with Crippen molar-refractivity contribution in [2.45, 2.75) is 12.3 Å². The van der Waals surface area contributed by atoms with Crippen LogP contribution >= 0.6 is 11.6 Å². The number of hydrogen-bond donors (Lipinski definition) is 0. The molecule has 0 saturated carbocycles. The van der Waals surface area contributed by atoms with E-state index in [0.717, 1.165) is 25.1 Å². The van der Waals surface area contributed by atoms with Crippen molar-refractivity contribution in [3.8, 4) is 0 Å². The van der Waals surface area contributed by atoms with Gasteiger partial charge in [-0.05, 0) is 43.1 Å². The molecule has 1 aromatic rings. The number of likely N-dealkylation sites (tertiary alicyclic amines) is 1. The molecule has 0 bridgehead atoms. The molecule has 20 heavy (non-hydrogen) atoms. The molecule has 1 heterocycles. The van der Waals surface area contributed by atoms with Gasteiger partial charge in [-0.2, -0.15) is 0 Å². The second-order valence-electron chi connectivity index (χ2n) is 5.25. The molecule has 1 aliphatic rings. The number of carbonyl (C=O) groups excluding carboxylic acids is 1. The number of esters is 1. The summed E-state index contributed by atoms with van der Waals surface area (Å²) >= 11 is 5.58. The van der Waals surface area contributed by atoms with Gasteiger partial charge >= 0.3 is 5.97 Å². The number of benzene rings is 1. The summed E-state index contributed by atoms with van der Waals surface area (Å²) in [6.45, 7) is 1.75. The minimum Gasteiger partial charge on any atom is -0.469 e. The predicted molar refractivity (Wildman–Crippen MR) is 81.7 cm³/mol. The Labute approximate surface area is 125 Å². The normalized spacial score (nSPS) is 23.9. The fourth-order valence-electron chi connectivity index (χ4n) is 2.83. The number of rotatable bonds is 3. The molecule has 1 aliphatic heterocycles. The number of hydrogen-bond acceptors (Lipinski definition) is 3. The van der Waals surface area contributed by atoms with Crippen LogP contribution in [0.25, 0.3) is 6.08 Å². The minimum atomic E-state index is -0.119. The second-order valence-corrected chi connectivity index (χ2v) is 5.50. The maximum absolute atomic E-state index is 12.0. The number of nitrogens with zero attached hydrogens (tertiary/aromatic N) is 1. The van der Waals surface area contributed by atoms with E-state index in [2.05, 4.69) is 17.0 Å². The molecule has 0 aromatic heterocycles. The molecule has 0 radical (unpaired) electrons. The van der Waals surface area contributed by atoms with Crippen LogP contribution in [-0.2, 0) is 9.53 Å². The monoisotopic (exact) mass is 293 g/mol. The van der Waals surface area contributed by atoms with Gasteiger partial charge in [-0.1, -0.05) is 35.9 Å². The molecule has 0 aliphatic carbocycles. The topological polar surface area (TPSA) is 29.5 Å². The van der Waals surface area contributed by atoms with Crippen molar-refractivity contribution >= 4 is 23.6 Å². The molecule has 1 saturated heterocycles. The molecule has 0 amide bonds. The molecular weight excluding hydrogens is 274 g/mol. The van der Waals surface area contributed by atoms with Crippen molar-refractivity contribution in [2.75, 3.05) is 27.2 Å². The number of carbonyl (C=O) groups is 1. The van der Waals surface area contributed by atoms with E-state index in [1.807, 2.05) is 25.3 Å². The molecule has 2 rings (SSSR count). The molecular formula is C16H20ClNO2. The quantitative estimate of drug-likeness (QED) is 0.802. The van der Waals surface area contributed by atoms with E-state index >= 15 is 0 Å². The molecule has 3 nitrogen and oxygen atoms in total. The third-order valence-electron chi connectivity index (χ3n) is 3.94. The summed E-state index contributed by atoms with van der Waals surface area (Å²) in [4.78, 5) is 14.2. The maximum Gasteiger partial charge on any atom is 0.310 e. The Morgan fingerprint density at radius 2 is 2.10 bits per heavy atom. The lowest BCUT2D eigenvalue weighted by molar-refractivity contribution is -0.148. The van der Waals surface area contributed by atoms with Crippen molar-refractivity contribution in [3.63, 3.8) is 0 Å². The summed E-state index contributed by atoms with van der Waals surface area (Å²) in [7, 11) is 3.50. The number of ether oxygens (including phenoxy) is 1. The Kier molecular flexibility index (Phi) is 5.21. The molecule has 1 fully saturated rings. The first kappa shape index (κ1) is 15.1. The Hall–Kier alpha value is -1.32. The van der Waals surface area contributed by atoms with Crippen LogP contribution in [0.2, 0.25) is 0 Å². The van der Waals surface area contributed by atoms with E-state index in [1.165, 1.54) is 18.2 Å². The summed E-state index contributed by atoms with van der Waals surface area (Å²) < 4.78 is 4.96. The third kappa shape index (κ3) is 3.41. The summed E-state index contributed by atoms with van der Waals surface area (Å²) in [5.41, 5.74) is 3.76. The lowest BCUT2D eigenvalue weighted by Gasteiger charge is -2.35. The van der Waals surface area contributed by atoms with Gasteiger partial charge in [0.1, 0.15) is 0 Å². The van der Waals surface area contributed by atoms with E-state index in [-0.39, 0.29) is 17.8 Å². The van der Waals surface area contributed by atoms with E-state index in [0.29, 0.717) is 0 Å². The van der Waals surface area contributed by atoms with Gasteiger partial charge in [0.05, 0.1) is 13.0 Å². The Morgan fingerprint density at radius 3 is 2.70 bits per heavy atom. The average Bonchev–Trinajstić information content (AvgIpc) is 2.47. The van der Waals surface area contributed by atoms with Crippen molar-refractivity contribution in [1.82, 2.24) is 4.90 Å². The first-order valence-corrected chi connectivity index (χ1v) is 7.22. The summed E-state index contributed by atoms with van der Waals surface area (Å²) in [6, 6.07) is 8.22. The highest BCUT2D eigenvalue weighted by atomic mass is 35.5. The van der Waals surface area contributed by atoms with Gasteiger partial charge < -0.3 is 9.64 Å². The van der Waals surface area contributed by atoms with Gasteiger partial charge in [0.15, 0.2) is 0 Å². The average molecular weight is 294 g/mol. The van der Waals surface area contributed by atoms with Crippen molar-refractivity contribution in [1.29, 1.82) is 0 Å². The molecule has 4 heteroatoms. The van der Waals surface area contributed by atoms with E-state index in [4.69, 9.17) is 16.3 Å². The highest BCUT2D eigenvalue weighted by Gasteiger charge is 2.34. The molecule has 1 aromatic carbocycles. The molecule has 0 spiro atoms. The zero-order valence-corrected chi connectivity index (χ0v) is 12.6. The highest BCUT2D eigenvalue weighted by molar-refractivity contribution is 6.27. The smallest absolute Gasteiger partial charge is 0.310 e. The van der Waals surface area contributed by atoms with Gasteiger partial charge in [0, 0.05) is 12.1 Å². The first-order valence-electron chi connectivity index (χ1n) is 6.78. The van der Waals surface area contributed by atoms with Gasteiger partial charge in [0.25, 0.3) is 0 Å². The first-order chi connectivity index (χ1) is 9.65. The standard InChI is InChI=1S/C16H20ClNO2/c1-18-10-8-14(15(11-18)16(19)20-2)13-5-3-12(4-6-13)7-9-17/h3-7,9,14-15H,8,10-11H2,1-2H3. The van der Waals surface area contributed by atoms with Gasteiger partial charge in [-0.15, -0.1) is 0 Å². The number of halogens is 1. The van der Waals surface area contributed by atoms with Crippen LogP contribution in [0.15, 0.2) is 29.8 Å². The van der Waals surface area contributed by atoms with Crippen molar-refractivity contribution in [3.05, 3.63) is 40.9 Å². The van der Waals surface area contributed by atoms with Crippen molar-refractivity contribution in [2.24, 2.45) is 5.92 Å². The molecule has 108 valence electrons. The van der Waals surface area contributed by atoms with E-state index in [1.54, 1.807) is 0 Å². The summed E-state index contributed by atoms with van der Waals surface area (Å²) in [6.07, 6.45) is 2.82. The third-order valence-corrected chi connectivity index (χ3v) is 4.07. The summed E-state index contributed by atoms with van der Waals surface area (Å²) in [5, 5.41) is 0. The predicted octanol–water partition coefficient (Wildman–Crippen LogP) is 3.10. The number of piperidine rings is 1. The van der Waals surface area contributed by atoms with Crippen LogP contribution in [0, 0.1) is 5.92 Å². The van der Waals surface area contributed by atoms with Crippen LogP contribution in [-0.4, -0.2) is 38.1 Å². The van der Waals surface area contributed by atoms with Gasteiger partial charge in [0.2, 0.25) is 0 Å². The fourth-order valence-corrected chi connectivity index (χ4v) is 2.98. The minimum absolute atomic E-state index is 0.0897. The largest absolute Gasteiger partial charge is 0.469 e. The van der Waals surface area contributed by atoms with Crippen LogP contribution in [0.4, 0.5) is 0 Å². The Morgan fingerprint density at radius 1 is 1.40 bits per heavy atom. The fraction of sp³-hybridized carbons (Fsp3) is 0.438. The highest BCUT2D eigenvalue weighted by Crippen LogP contribution is 2.33. The van der Waals surface area contributed by atoms with Crippen LogP contribution in [0.3, 0.4) is 0 Å². The lowest BCUT2D eigenvalue weighted by atomic mass is 9.80. The second kappa shape index (κ2) is 6.91. The van der Waals surface area contributed by atoms with E-state index in [9.17, 15) is 4.79 Å². The molecule has 2 unspecified atom stereocenters. The Balaban J connectivity index is 2.21. The van der Waals surface area contributed by atoms with Gasteiger partial charge in [-0.25, -0.2) is 0 Å². The zero-order chi connectivity index (χ0) is 14.5. The van der Waals surface area contributed by atoms with Crippen LogP contribution < -0.4 is 0 Å². The lowest BCUT2D eigenvalue weighted by Crippen LogP contribution is -2.41. The SMILES string of the molecule is COC(=O)C1CN(C)CCC1c1ccc(C=CCl)cc1. The summed E-state index contributed by atoms with van der Waals surface area (Å²) in [5.74, 6) is 0.0205. The molecule has 2 atom stereocenters. The van der Waals surface area contributed by atoms with Gasteiger partial charge in [-0.3, -0.25) is 4.79 Å². The van der Waals surface area contributed by atoms with E-state index < -0.39 is 0 Å². The van der Waals surface area contributed by atoms with Crippen LogP contribution in [0.1, 0.15) is 23.5 Å². The maximum atomic E-state index is 12.0. The molecule has 0 N–H and O–H groups in total. The zero-order valence-electron chi connectivity index (χ0n) is 11.9.